The zero-order chi connectivity index (χ0) is 21.7. The highest BCUT2D eigenvalue weighted by Gasteiger charge is 2.36. The van der Waals surface area contributed by atoms with Crippen LogP contribution >= 0.6 is 0 Å². The molecule has 2 heterocycles. The number of fused-ring (bicyclic) bond motifs is 2. The number of carbonyl (C=O) groups is 1. The number of para-hydroxylation sites is 2. The third-order valence-electron chi connectivity index (χ3n) is 6.38. The van der Waals surface area contributed by atoms with E-state index in [4.69, 9.17) is 9.47 Å². The van der Waals surface area contributed by atoms with Gasteiger partial charge in [-0.05, 0) is 59.9 Å². The Morgan fingerprint density at radius 2 is 1.59 bits per heavy atom. The highest BCUT2D eigenvalue weighted by molar-refractivity contribution is 6.01. The first-order valence-corrected chi connectivity index (χ1v) is 10.7. The van der Waals surface area contributed by atoms with Crippen LogP contribution in [0.1, 0.15) is 35.9 Å². The lowest BCUT2D eigenvalue weighted by atomic mass is 9.78. The summed E-state index contributed by atoms with van der Waals surface area (Å²) in [6, 6.07) is 19.9. The van der Waals surface area contributed by atoms with E-state index in [0.717, 1.165) is 33.8 Å². The molecular weight excluding hydrogens is 407 g/mol. The molecule has 0 saturated carbocycles. The third-order valence-corrected chi connectivity index (χ3v) is 6.38. The third kappa shape index (κ3) is 3.19. The molecule has 2 aliphatic heterocycles. The summed E-state index contributed by atoms with van der Waals surface area (Å²) in [6.45, 7) is 0.202. The van der Waals surface area contributed by atoms with E-state index in [1.54, 1.807) is 12.1 Å². The summed E-state index contributed by atoms with van der Waals surface area (Å²) in [5.74, 6) is 1.20. The molecular formula is C26H21FN2O3. The number of nitrogens with one attached hydrogen (secondary N) is 2. The zero-order valence-electron chi connectivity index (χ0n) is 17.2. The average Bonchev–Trinajstić information content (AvgIpc) is 3.20. The molecule has 160 valence electrons. The normalized spacial score (nSPS) is 21.2. The van der Waals surface area contributed by atoms with E-state index in [9.17, 15) is 9.18 Å². The molecule has 5 nitrogen and oxygen atoms in total. The minimum Gasteiger partial charge on any atom is -0.454 e. The standard InChI is InChI=1S/C26H21FN2O3/c27-18-8-5-15(6-9-18)17-11-21-25(22(30)12-17)26(29-20-4-2-1-3-19(20)28-21)16-7-10-23-24(13-16)32-14-31-23/h1-10,13,17,26,28-29H,11-12,14H2. The molecule has 32 heavy (non-hydrogen) atoms. The van der Waals surface area contributed by atoms with Gasteiger partial charge < -0.3 is 20.1 Å². The Labute approximate surface area is 184 Å². The maximum absolute atomic E-state index is 13.5. The van der Waals surface area contributed by atoms with Gasteiger partial charge in [-0.15, -0.1) is 0 Å². The Bertz CT molecular complexity index is 1250. The first-order valence-electron chi connectivity index (χ1n) is 10.7. The van der Waals surface area contributed by atoms with Crippen LogP contribution in [0.3, 0.4) is 0 Å². The SMILES string of the molecule is O=C1CC(c2ccc(F)cc2)CC2=C1C(c1ccc3c(c1)OCO3)Nc1ccccc1N2. The van der Waals surface area contributed by atoms with Gasteiger partial charge in [-0.3, -0.25) is 4.79 Å². The number of carbonyl (C=O) groups excluding carboxylic acids is 1. The van der Waals surface area contributed by atoms with Gasteiger partial charge in [0, 0.05) is 17.7 Å². The molecule has 6 heteroatoms. The molecule has 0 bridgehead atoms. The fourth-order valence-corrected chi connectivity index (χ4v) is 4.81. The Morgan fingerprint density at radius 3 is 2.44 bits per heavy atom. The molecule has 0 radical (unpaired) electrons. The van der Waals surface area contributed by atoms with E-state index in [0.29, 0.717) is 24.3 Å². The first kappa shape index (κ1) is 18.9. The van der Waals surface area contributed by atoms with Crippen LogP contribution in [0.25, 0.3) is 0 Å². The van der Waals surface area contributed by atoms with Gasteiger partial charge in [0.15, 0.2) is 17.3 Å². The Balaban J connectivity index is 1.45. The molecule has 0 spiro atoms. The van der Waals surface area contributed by atoms with Gasteiger partial charge in [0.1, 0.15) is 5.82 Å². The molecule has 1 aliphatic carbocycles. The van der Waals surface area contributed by atoms with Crippen molar-refractivity contribution in [1.29, 1.82) is 0 Å². The largest absolute Gasteiger partial charge is 0.454 e. The van der Waals surface area contributed by atoms with Crippen LogP contribution in [-0.2, 0) is 4.79 Å². The lowest BCUT2D eigenvalue weighted by molar-refractivity contribution is -0.116. The van der Waals surface area contributed by atoms with Gasteiger partial charge >= 0.3 is 0 Å². The van der Waals surface area contributed by atoms with E-state index in [2.05, 4.69) is 10.6 Å². The van der Waals surface area contributed by atoms with Gasteiger partial charge in [-0.2, -0.15) is 0 Å². The predicted molar refractivity (Wildman–Crippen MR) is 119 cm³/mol. The fourth-order valence-electron chi connectivity index (χ4n) is 4.81. The minimum atomic E-state index is -0.322. The maximum atomic E-state index is 13.5. The van der Waals surface area contributed by atoms with Crippen LogP contribution in [0, 0.1) is 5.82 Å². The van der Waals surface area contributed by atoms with E-state index < -0.39 is 0 Å². The van der Waals surface area contributed by atoms with Crippen molar-refractivity contribution in [2.45, 2.75) is 24.8 Å². The second-order valence-corrected chi connectivity index (χ2v) is 8.33. The molecule has 2 atom stereocenters. The van der Waals surface area contributed by atoms with E-state index in [1.807, 2.05) is 42.5 Å². The molecule has 0 aromatic heterocycles. The summed E-state index contributed by atoms with van der Waals surface area (Å²) in [4.78, 5) is 13.5. The molecule has 6 rings (SSSR count). The molecule has 0 amide bonds. The second-order valence-electron chi connectivity index (χ2n) is 8.33. The smallest absolute Gasteiger partial charge is 0.231 e. The van der Waals surface area contributed by atoms with E-state index in [-0.39, 0.29) is 30.4 Å². The average molecular weight is 428 g/mol. The van der Waals surface area contributed by atoms with Crippen molar-refractivity contribution in [1.82, 2.24) is 0 Å². The van der Waals surface area contributed by atoms with E-state index >= 15 is 0 Å². The number of halogens is 1. The summed E-state index contributed by atoms with van der Waals surface area (Å²) in [6.07, 6.45) is 1.05. The van der Waals surface area contributed by atoms with E-state index in [1.165, 1.54) is 12.1 Å². The number of ketones is 1. The molecule has 2 unspecified atom stereocenters. The van der Waals surface area contributed by atoms with Crippen LogP contribution in [0.15, 0.2) is 78.0 Å². The Hall–Kier alpha value is -3.80. The highest BCUT2D eigenvalue weighted by Crippen LogP contribution is 2.45. The summed E-state index contributed by atoms with van der Waals surface area (Å²) in [5, 5.41) is 7.09. The van der Waals surface area contributed by atoms with Gasteiger partial charge in [0.2, 0.25) is 6.79 Å². The fraction of sp³-hybridized carbons (Fsp3) is 0.192. The van der Waals surface area contributed by atoms with Gasteiger partial charge in [0.25, 0.3) is 0 Å². The predicted octanol–water partition coefficient (Wildman–Crippen LogP) is 5.53. The van der Waals surface area contributed by atoms with Crippen molar-refractivity contribution in [2.75, 3.05) is 17.4 Å². The zero-order valence-corrected chi connectivity index (χ0v) is 17.2. The number of anilines is 2. The van der Waals surface area contributed by atoms with Crippen LogP contribution in [0.2, 0.25) is 0 Å². The maximum Gasteiger partial charge on any atom is 0.231 e. The lowest BCUT2D eigenvalue weighted by Gasteiger charge is -2.30. The van der Waals surface area contributed by atoms with Crippen molar-refractivity contribution < 1.29 is 18.7 Å². The molecule has 3 aromatic carbocycles. The number of allylic oxidation sites excluding steroid dienone is 1. The summed E-state index contributed by atoms with van der Waals surface area (Å²) in [7, 11) is 0. The monoisotopic (exact) mass is 428 g/mol. The number of hydrogen-bond acceptors (Lipinski definition) is 5. The van der Waals surface area contributed by atoms with Gasteiger partial charge in [0.05, 0.1) is 17.4 Å². The topological polar surface area (TPSA) is 59.6 Å². The van der Waals surface area contributed by atoms with Gasteiger partial charge in [-0.25, -0.2) is 4.39 Å². The van der Waals surface area contributed by atoms with Crippen molar-refractivity contribution in [3.8, 4) is 11.5 Å². The Kier molecular flexibility index (Phi) is 4.38. The number of benzene rings is 3. The first-order chi connectivity index (χ1) is 15.7. The molecule has 3 aromatic rings. The number of ether oxygens (including phenoxy) is 2. The molecule has 2 N–H and O–H groups in total. The summed E-state index contributed by atoms with van der Waals surface area (Å²) in [5.41, 5.74) is 5.40. The van der Waals surface area contributed by atoms with Crippen LogP contribution in [-0.4, -0.2) is 12.6 Å². The van der Waals surface area contributed by atoms with Crippen molar-refractivity contribution in [2.24, 2.45) is 0 Å². The molecule has 0 fully saturated rings. The quantitative estimate of drug-likeness (QED) is 0.562. The number of rotatable bonds is 2. The van der Waals surface area contributed by atoms with Crippen LogP contribution < -0.4 is 20.1 Å². The minimum absolute atomic E-state index is 0.00276. The Morgan fingerprint density at radius 1 is 0.844 bits per heavy atom. The summed E-state index contributed by atoms with van der Waals surface area (Å²) >= 11 is 0. The second kappa shape index (κ2) is 7.41. The lowest BCUT2D eigenvalue weighted by Crippen LogP contribution is -2.26. The number of Topliss-reactive ketones (excluding diaryl/α,β-unsaturated/α-hetero) is 1. The van der Waals surface area contributed by atoms with Crippen molar-refractivity contribution in [3.05, 3.63) is 94.9 Å². The molecule has 3 aliphatic rings. The van der Waals surface area contributed by atoms with Crippen LogP contribution in [0.5, 0.6) is 11.5 Å². The van der Waals surface area contributed by atoms with Crippen molar-refractivity contribution in [3.63, 3.8) is 0 Å². The summed E-state index contributed by atoms with van der Waals surface area (Å²) < 4.78 is 24.5. The molecule has 0 saturated heterocycles. The highest BCUT2D eigenvalue weighted by atomic mass is 19.1. The van der Waals surface area contributed by atoms with Gasteiger partial charge in [-0.1, -0.05) is 30.3 Å². The number of hydrogen-bond donors (Lipinski definition) is 2. The van der Waals surface area contributed by atoms with Crippen LogP contribution in [0.4, 0.5) is 15.8 Å². The van der Waals surface area contributed by atoms with Crippen molar-refractivity contribution >= 4 is 17.2 Å².